The summed E-state index contributed by atoms with van der Waals surface area (Å²) in [6.07, 6.45) is 1.92. The van der Waals surface area contributed by atoms with Gasteiger partial charge in [0.25, 0.3) is 0 Å². The Labute approximate surface area is 78.6 Å². The molecule has 0 aromatic heterocycles. The first-order valence-corrected chi connectivity index (χ1v) is 4.26. The Morgan fingerprint density at radius 1 is 1.38 bits per heavy atom. The minimum absolute atomic E-state index is 0.0712. The lowest BCUT2D eigenvalue weighted by atomic mass is 9.76. The van der Waals surface area contributed by atoms with E-state index in [1.165, 1.54) is 0 Å². The number of rotatable bonds is 0. The third-order valence-electron chi connectivity index (χ3n) is 2.47. The Bertz CT molecular complexity index is 364. The standard InChI is InChI=1S/C11H13NO/c1-7-5-11(3,4)10(13)9(6-12)8(7)2/h5H,1-4H3. The number of hydrogen-bond donors (Lipinski definition) is 0. The molecule has 0 bridgehead atoms. The molecule has 1 aliphatic carbocycles. The van der Waals surface area contributed by atoms with E-state index in [2.05, 4.69) is 0 Å². The Morgan fingerprint density at radius 3 is 2.38 bits per heavy atom. The number of nitrogens with zero attached hydrogens (tertiary/aromatic N) is 1. The topological polar surface area (TPSA) is 40.9 Å². The van der Waals surface area contributed by atoms with Gasteiger partial charge in [0.1, 0.15) is 6.07 Å². The van der Waals surface area contributed by atoms with Gasteiger partial charge in [-0.15, -0.1) is 0 Å². The summed E-state index contributed by atoms with van der Waals surface area (Å²) in [5.74, 6) is -0.0712. The van der Waals surface area contributed by atoms with Crippen LogP contribution in [0.1, 0.15) is 27.7 Å². The van der Waals surface area contributed by atoms with E-state index in [0.29, 0.717) is 5.57 Å². The number of hydrogen-bond acceptors (Lipinski definition) is 2. The number of carbonyl (C=O) groups excluding carboxylic acids is 1. The molecule has 1 aliphatic rings. The predicted octanol–water partition coefficient (Wildman–Crippen LogP) is 2.38. The fourth-order valence-electron chi connectivity index (χ4n) is 1.54. The van der Waals surface area contributed by atoms with Crippen LogP contribution in [0, 0.1) is 16.7 Å². The maximum absolute atomic E-state index is 11.7. The first-order valence-electron chi connectivity index (χ1n) is 4.26. The molecule has 0 atom stereocenters. The van der Waals surface area contributed by atoms with Crippen molar-refractivity contribution in [3.63, 3.8) is 0 Å². The lowest BCUT2D eigenvalue weighted by Gasteiger charge is -2.25. The molecule has 0 aromatic rings. The van der Waals surface area contributed by atoms with Crippen molar-refractivity contribution in [2.24, 2.45) is 5.41 Å². The van der Waals surface area contributed by atoms with Gasteiger partial charge in [0.05, 0.1) is 5.57 Å². The molecule has 0 aliphatic heterocycles. The summed E-state index contributed by atoms with van der Waals surface area (Å²) in [6, 6.07) is 1.98. The van der Waals surface area contributed by atoms with Crippen LogP contribution in [-0.2, 0) is 4.79 Å². The van der Waals surface area contributed by atoms with Crippen LogP contribution >= 0.6 is 0 Å². The zero-order valence-corrected chi connectivity index (χ0v) is 8.43. The molecular weight excluding hydrogens is 162 g/mol. The minimum Gasteiger partial charge on any atom is -0.292 e. The monoisotopic (exact) mass is 175 g/mol. The SMILES string of the molecule is CC1=CC(C)(C)C(=O)C(C#N)=C1C. The van der Waals surface area contributed by atoms with Crippen molar-refractivity contribution in [2.75, 3.05) is 0 Å². The van der Waals surface area contributed by atoms with Gasteiger partial charge in [-0.25, -0.2) is 0 Å². The Hall–Kier alpha value is -1.36. The van der Waals surface area contributed by atoms with E-state index in [4.69, 9.17) is 5.26 Å². The van der Waals surface area contributed by atoms with E-state index >= 15 is 0 Å². The van der Waals surface area contributed by atoms with Crippen LogP contribution in [0.15, 0.2) is 22.8 Å². The van der Waals surface area contributed by atoms with Gasteiger partial charge in [-0.05, 0) is 38.8 Å². The molecule has 1 rings (SSSR count). The lowest BCUT2D eigenvalue weighted by molar-refractivity contribution is -0.121. The second-order valence-electron chi connectivity index (χ2n) is 3.99. The highest BCUT2D eigenvalue weighted by atomic mass is 16.1. The highest BCUT2D eigenvalue weighted by molar-refractivity contribution is 6.06. The number of nitriles is 1. The normalized spacial score (nSPS) is 21.2. The van der Waals surface area contributed by atoms with Crippen molar-refractivity contribution in [3.05, 3.63) is 22.8 Å². The maximum atomic E-state index is 11.7. The fourth-order valence-corrected chi connectivity index (χ4v) is 1.54. The number of ketones is 1. The van der Waals surface area contributed by atoms with Gasteiger partial charge < -0.3 is 0 Å². The molecule has 13 heavy (non-hydrogen) atoms. The molecule has 0 heterocycles. The van der Waals surface area contributed by atoms with Crippen LogP contribution in [0.2, 0.25) is 0 Å². The number of Topliss-reactive ketones (excluding diaryl/α,β-unsaturated/α-hetero) is 1. The molecule has 0 aromatic carbocycles. The molecule has 0 radical (unpaired) electrons. The Morgan fingerprint density at radius 2 is 1.92 bits per heavy atom. The highest BCUT2D eigenvalue weighted by Gasteiger charge is 2.33. The summed E-state index contributed by atoms with van der Waals surface area (Å²) in [5, 5.41) is 8.83. The molecule has 2 heteroatoms. The Kier molecular flexibility index (Phi) is 2.13. The van der Waals surface area contributed by atoms with Crippen LogP contribution < -0.4 is 0 Å². The van der Waals surface area contributed by atoms with Crippen molar-refractivity contribution >= 4 is 5.78 Å². The van der Waals surface area contributed by atoms with Crippen LogP contribution in [0.25, 0.3) is 0 Å². The van der Waals surface area contributed by atoms with Gasteiger partial charge in [0, 0.05) is 5.41 Å². The van der Waals surface area contributed by atoms with Gasteiger partial charge in [0.2, 0.25) is 0 Å². The van der Waals surface area contributed by atoms with E-state index in [1.807, 2.05) is 39.8 Å². The summed E-state index contributed by atoms with van der Waals surface area (Å²) < 4.78 is 0. The minimum atomic E-state index is -0.519. The van der Waals surface area contributed by atoms with Gasteiger partial charge in [-0.3, -0.25) is 4.79 Å². The maximum Gasteiger partial charge on any atom is 0.182 e. The summed E-state index contributed by atoms with van der Waals surface area (Å²) in [4.78, 5) is 11.7. The third-order valence-corrected chi connectivity index (χ3v) is 2.47. The van der Waals surface area contributed by atoms with Gasteiger partial charge >= 0.3 is 0 Å². The molecule has 0 spiro atoms. The largest absolute Gasteiger partial charge is 0.292 e. The molecule has 2 nitrogen and oxygen atoms in total. The molecule has 0 N–H and O–H groups in total. The van der Waals surface area contributed by atoms with Gasteiger partial charge in [-0.1, -0.05) is 6.08 Å². The average Bonchev–Trinajstić information content (AvgIpc) is 2.02. The number of carbonyl (C=O) groups is 1. The molecular formula is C11H13NO. The summed E-state index contributed by atoms with van der Waals surface area (Å²) in [7, 11) is 0. The van der Waals surface area contributed by atoms with E-state index in [-0.39, 0.29) is 5.78 Å². The van der Waals surface area contributed by atoms with Crippen molar-refractivity contribution < 1.29 is 4.79 Å². The molecule has 0 saturated heterocycles. The highest BCUT2D eigenvalue weighted by Crippen LogP contribution is 2.33. The second kappa shape index (κ2) is 2.85. The van der Waals surface area contributed by atoms with E-state index in [1.54, 1.807) is 0 Å². The quantitative estimate of drug-likeness (QED) is 0.567. The zero-order valence-electron chi connectivity index (χ0n) is 8.43. The molecule has 0 amide bonds. The molecule has 0 unspecified atom stereocenters. The van der Waals surface area contributed by atoms with Crippen molar-refractivity contribution in [3.8, 4) is 6.07 Å². The van der Waals surface area contributed by atoms with Crippen LogP contribution in [-0.4, -0.2) is 5.78 Å². The van der Waals surface area contributed by atoms with Crippen molar-refractivity contribution in [1.29, 1.82) is 5.26 Å². The second-order valence-corrected chi connectivity index (χ2v) is 3.99. The van der Waals surface area contributed by atoms with E-state index in [9.17, 15) is 4.79 Å². The zero-order chi connectivity index (χ0) is 10.2. The fraction of sp³-hybridized carbons (Fsp3) is 0.455. The van der Waals surface area contributed by atoms with Crippen LogP contribution in [0.4, 0.5) is 0 Å². The number of allylic oxidation sites excluding steroid dienone is 4. The summed E-state index contributed by atoms with van der Waals surface area (Å²) in [6.45, 7) is 7.42. The van der Waals surface area contributed by atoms with Crippen molar-refractivity contribution in [1.82, 2.24) is 0 Å². The van der Waals surface area contributed by atoms with Gasteiger partial charge in [-0.2, -0.15) is 5.26 Å². The van der Waals surface area contributed by atoms with Crippen LogP contribution in [0.5, 0.6) is 0 Å². The third kappa shape index (κ3) is 1.42. The average molecular weight is 175 g/mol. The smallest absolute Gasteiger partial charge is 0.182 e. The summed E-state index contributed by atoms with van der Waals surface area (Å²) >= 11 is 0. The van der Waals surface area contributed by atoms with Crippen molar-refractivity contribution in [2.45, 2.75) is 27.7 Å². The predicted molar refractivity (Wildman–Crippen MR) is 50.9 cm³/mol. The molecule has 0 saturated carbocycles. The van der Waals surface area contributed by atoms with Gasteiger partial charge in [0.15, 0.2) is 5.78 Å². The summed E-state index contributed by atoms with van der Waals surface area (Å²) in [5.41, 5.74) is 1.63. The molecule has 0 fully saturated rings. The first kappa shape index (κ1) is 9.73. The first-order chi connectivity index (χ1) is 5.90. The van der Waals surface area contributed by atoms with E-state index in [0.717, 1.165) is 11.1 Å². The van der Waals surface area contributed by atoms with Crippen LogP contribution in [0.3, 0.4) is 0 Å². The lowest BCUT2D eigenvalue weighted by Crippen LogP contribution is -2.27. The molecule has 68 valence electrons. The Balaban J connectivity index is 3.35. The van der Waals surface area contributed by atoms with E-state index < -0.39 is 5.41 Å².